The Hall–Kier alpha value is -0.930. The molecule has 0 bridgehead atoms. The summed E-state index contributed by atoms with van der Waals surface area (Å²) in [5.41, 5.74) is 2.79. The Kier molecular flexibility index (Phi) is 4.58. The first-order valence-electron chi connectivity index (χ1n) is 7.34. The Labute approximate surface area is 117 Å². The first-order valence-corrected chi connectivity index (χ1v) is 7.34. The summed E-state index contributed by atoms with van der Waals surface area (Å²) in [5, 5.41) is 3.63. The van der Waals surface area contributed by atoms with E-state index in [1.807, 2.05) is 12.4 Å². The molecule has 2 rings (SSSR count). The van der Waals surface area contributed by atoms with Crippen molar-refractivity contribution in [1.82, 2.24) is 15.2 Å². The number of likely N-dealkylation sites (tertiary alicyclic amines) is 1. The molecule has 0 radical (unpaired) electrons. The van der Waals surface area contributed by atoms with E-state index >= 15 is 0 Å². The molecule has 0 spiro atoms. The van der Waals surface area contributed by atoms with E-state index in [0.29, 0.717) is 6.04 Å². The zero-order chi connectivity index (χ0) is 13.9. The Morgan fingerprint density at radius 1 is 1.37 bits per heavy atom. The van der Waals surface area contributed by atoms with E-state index in [2.05, 4.69) is 49.0 Å². The molecule has 3 nitrogen and oxygen atoms in total. The number of rotatable bonds is 4. The molecule has 1 aromatic rings. The molecule has 1 aliphatic heterocycles. The Morgan fingerprint density at radius 3 is 2.84 bits per heavy atom. The smallest absolute Gasteiger partial charge is 0.0313 e. The van der Waals surface area contributed by atoms with E-state index in [1.54, 1.807) is 0 Å². The van der Waals surface area contributed by atoms with Crippen LogP contribution in [-0.4, -0.2) is 34.6 Å². The highest BCUT2D eigenvalue weighted by atomic mass is 15.2. The lowest BCUT2D eigenvalue weighted by Crippen LogP contribution is -2.44. The SMILES string of the molecule is Cc1cncc(CN2CCCC2CNC(C)(C)C)c1. The summed E-state index contributed by atoms with van der Waals surface area (Å²) in [7, 11) is 0. The lowest BCUT2D eigenvalue weighted by atomic mass is 10.1. The number of hydrogen-bond acceptors (Lipinski definition) is 3. The number of aryl methyl sites for hydroxylation is 1. The van der Waals surface area contributed by atoms with Gasteiger partial charge in [-0.2, -0.15) is 0 Å². The number of nitrogens with zero attached hydrogens (tertiary/aromatic N) is 2. The Bertz CT molecular complexity index is 409. The van der Waals surface area contributed by atoms with Gasteiger partial charge in [0, 0.05) is 37.1 Å². The van der Waals surface area contributed by atoms with Crippen molar-refractivity contribution >= 4 is 0 Å². The maximum atomic E-state index is 4.29. The molecule has 0 aromatic carbocycles. The van der Waals surface area contributed by atoms with E-state index in [1.165, 1.54) is 30.5 Å². The van der Waals surface area contributed by atoms with Gasteiger partial charge in [0.15, 0.2) is 0 Å². The molecule has 2 heterocycles. The average Bonchev–Trinajstić information content (AvgIpc) is 2.73. The second-order valence-corrected chi connectivity index (χ2v) is 6.77. The fourth-order valence-electron chi connectivity index (χ4n) is 2.70. The largest absolute Gasteiger partial charge is 0.311 e. The van der Waals surface area contributed by atoms with Crippen LogP contribution >= 0.6 is 0 Å². The molecule has 0 saturated carbocycles. The lowest BCUT2D eigenvalue weighted by Gasteiger charge is -2.29. The molecule has 1 unspecified atom stereocenters. The summed E-state index contributed by atoms with van der Waals surface area (Å²) < 4.78 is 0. The van der Waals surface area contributed by atoms with Crippen LogP contribution in [0.1, 0.15) is 44.7 Å². The lowest BCUT2D eigenvalue weighted by molar-refractivity contribution is 0.225. The van der Waals surface area contributed by atoms with Gasteiger partial charge in [0.2, 0.25) is 0 Å². The molecule has 0 amide bonds. The van der Waals surface area contributed by atoms with Gasteiger partial charge in [-0.05, 0) is 58.2 Å². The highest BCUT2D eigenvalue weighted by Crippen LogP contribution is 2.20. The van der Waals surface area contributed by atoms with E-state index in [0.717, 1.165) is 13.1 Å². The van der Waals surface area contributed by atoms with Crippen LogP contribution in [0.2, 0.25) is 0 Å². The molecule has 0 aliphatic carbocycles. The quantitative estimate of drug-likeness (QED) is 0.903. The zero-order valence-electron chi connectivity index (χ0n) is 12.7. The fourth-order valence-corrected chi connectivity index (χ4v) is 2.70. The molecule has 1 saturated heterocycles. The maximum Gasteiger partial charge on any atom is 0.0313 e. The predicted octanol–water partition coefficient (Wildman–Crippen LogP) is 2.74. The maximum absolute atomic E-state index is 4.29. The number of hydrogen-bond donors (Lipinski definition) is 1. The first kappa shape index (κ1) is 14.5. The number of pyridine rings is 1. The van der Waals surface area contributed by atoms with E-state index in [-0.39, 0.29) is 5.54 Å². The minimum atomic E-state index is 0.207. The minimum absolute atomic E-state index is 0.207. The van der Waals surface area contributed by atoms with E-state index < -0.39 is 0 Å². The van der Waals surface area contributed by atoms with Crippen molar-refractivity contribution in [2.45, 2.75) is 58.7 Å². The second kappa shape index (κ2) is 6.02. The van der Waals surface area contributed by atoms with Gasteiger partial charge in [0.25, 0.3) is 0 Å². The monoisotopic (exact) mass is 261 g/mol. The van der Waals surface area contributed by atoms with E-state index in [9.17, 15) is 0 Å². The van der Waals surface area contributed by atoms with Crippen molar-refractivity contribution in [2.24, 2.45) is 0 Å². The first-order chi connectivity index (χ1) is 8.94. The van der Waals surface area contributed by atoms with Crippen LogP contribution in [0.15, 0.2) is 18.5 Å². The third-order valence-corrected chi connectivity index (χ3v) is 3.68. The van der Waals surface area contributed by atoms with Crippen LogP contribution in [0.25, 0.3) is 0 Å². The normalized spacial score (nSPS) is 20.9. The van der Waals surface area contributed by atoms with Crippen LogP contribution < -0.4 is 5.32 Å². The highest BCUT2D eigenvalue weighted by molar-refractivity contribution is 5.16. The van der Waals surface area contributed by atoms with Crippen molar-refractivity contribution in [2.75, 3.05) is 13.1 Å². The van der Waals surface area contributed by atoms with Gasteiger partial charge in [0.05, 0.1) is 0 Å². The van der Waals surface area contributed by atoms with Gasteiger partial charge >= 0.3 is 0 Å². The summed E-state index contributed by atoms with van der Waals surface area (Å²) in [6, 6.07) is 2.92. The van der Waals surface area contributed by atoms with Crippen molar-refractivity contribution in [1.29, 1.82) is 0 Å². The van der Waals surface area contributed by atoms with Gasteiger partial charge in [-0.15, -0.1) is 0 Å². The Balaban J connectivity index is 1.92. The summed E-state index contributed by atoms with van der Waals surface area (Å²) in [6.07, 6.45) is 6.55. The van der Waals surface area contributed by atoms with Crippen molar-refractivity contribution in [3.8, 4) is 0 Å². The van der Waals surface area contributed by atoms with Gasteiger partial charge in [-0.25, -0.2) is 0 Å². The summed E-state index contributed by atoms with van der Waals surface area (Å²) in [4.78, 5) is 6.89. The number of aromatic nitrogens is 1. The molecule has 1 N–H and O–H groups in total. The van der Waals surface area contributed by atoms with Crippen molar-refractivity contribution in [3.05, 3.63) is 29.6 Å². The average molecular weight is 261 g/mol. The van der Waals surface area contributed by atoms with Gasteiger partial charge in [0.1, 0.15) is 0 Å². The third-order valence-electron chi connectivity index (χ3n) is 3.68. The van der Waals surface area contributed by atoms with Gasteiger partial charge in [-0.3, -0.25) is 9.88 Å². The molecule has 3 heteroatoms. The van der Waals surface area contributed by atoms with Crippen LogP contribution in [0.3, 0.4) is 0 Å². The highest BCUT2D eigenvalue weighted by Gasteiger charge is 2.25. The zero-order valence-corrected chi connectivity index (χ0v) is 12.7. The standard InChI is InChI=1S/C16H27N3/c1-13-8-14(10-17-9-13)12-19-7-5-6-15(19)11-18-16(2,3)4/h8-10,15,18H,5-7,11-12H2,1-4H3. The van der Waals surface area contributed by atoms with Crippen LogP contribution in [0, 0.1) is 6.92 Å². The van der Waals surface area contributed by atoms with Crippen molar-refractivity contribution in [3.63, 3.8) is 0 Å². The third kappa shape index (κ3) is 4.59. The molecule has 1 aliphatic rings. The fraction of sp³-hybridized carbons (Fsp3) is 0.688. The predicted molar refractivity (Wildman–Crippen MR) is 80.2 cm³/mol. The van der Waals surface area contributed by atoms with Crippen molar-refractivity contribution < 1.29 is 0 Å². The summed E-state index contributed by atoms with van der Waals surface area (Å²) in [5.74, 6) is 0. The number of nitrogens with one attached hydrogen (secondary N) is 1. The van der Waals surface area contributed by atoms with Gasteiger partial charge < -0.3 is 5.32 Å². The van der Waals surface area contributed by atoms with E-state index in [4.69, 9.17) is 0 Å². The van der Waals surface area contributed by atoms with Crippen LogP contribution in [0.4, 0.5) is 0 Å². The molecule has 1 fully saturated rings. The molecule has 19 heavy (non-hydrogen) atoms. The minimum Gasteiger partial charge on any atom is -0.311 e. The molecule has 1 aromatic heterocycles. The summed E-state index contributed by atoms with van der Waals surface area (Å²) in [6.45, 7) is 12.1. The van der Waals surface area contributed by atoms with Crippen LogP contribution in [-0.2, 0) is 6.54 Å². The van der Waals surface area contributed by atoms with Gasteiger partial charge in [-0.1, -0.05) is 6.07 Å². The topological polar surface area (TPSA) is 28.2 Å². The molecule has 106 valence electrons. The Morgan fingerprint density at radius 2 is 2.16 bits per heavy atom. The summed E-state index contributed by atoms with van der Waals surface area (Å²) >= 11 is 0. The van der Waals surface area contributed by atoms with Crippen LogP contribution in [0.5, 0.6) is 0 Å². The molecular formula is C16H27N3. The molecular weight excluding hydrogens is 234 g/mol. The second-order valence-electron chi connectivity index (χ2n) is 6.77. The molecule has 1 atom stereocenters.